The number of ether oxygens (including phenoxy) is 1. The first kappa shape index (κ1) is 15.7. The predicted octanol–water partition coefficient (Wildman–Crippen LogP) is 2.63. The molecule has 0 aliphatic rings. The van der Waals surface area contributed by atoms with Gasteiger partial charge in [-0.25, -0.2) is 0 Å². The van der Waals surface area contributed by atoms with Gasteiger partial charge < -0.3 is 15.0 Å². The van der Waals surface area contributed by atoms with Crippen molar-refractivity contribution in [1.29, 1.82) is 0 Å². The van der Waals surface area contributed by atoms with Gasteiger partial charge in [0.2, 0.25) is 0 Å². The first-order chi connectivity index (χ1) is 9.99. The molecule has 1 aromatic heterocycles. The minimum Gasteiger partial charge on any atom is -0.492 e. The molecule has 6 heteroatoms. The Kier molecular flexibility index (Phi) is 5.14. The van der Waals surface area contributed by atoms with E-state index in [0.717, 1.165) is 15.9 Å². The van der Waals surface area contributed by atoms with Gasteiger partial charge in [-0.2, -0.15) is 0 Å². The van der Waals surface area contributed by atoms with Gasteiger partial charge in [0, 0.05) is 10.2 Å². The molecule has 0 atom stereocenters. The number of hydrogen-bond donors (Lipinski definition) is 1. The van der Waals surface area contributed by atoms with Gasteiger partial charge in [-0.1, -0.05) is 28.1 Å². The van der Waals surface area contributed by atoms with Crippen LogP contribution in [0.15, 0.2) is 45.7 Å². The van der Waals surface area contributed by atoms with Crippen LogP contribution in [0.3, 0.4) is 0 Å². The summed E-state index contributed by atoms with van der Waals surface area (Å²) in [4.78, 5) is 12.4. The molecule has 0 fully saturated rings. The minimum atomic E-state index is -0.179. The summed E-state index contributed by atoms with van der Waals surface area (Å²) in [5, 5.41) is 0. The van der Waals surface area contributed by atoms with E-state index in [9.17, 15) is 4.79 Å². The molecule has 0 unspecified atom stereocenters. The number of nitrogens with zero attached hydrogens (tertiary/aromatic N) is 1. The van der Waals surface area contributed by atoms with Gasteiger partial charge in [0.05, 0.1) is 12.1 Å². The molecule has 2 rings (SSSR count). The van der Waals surface area contributed by atoms with E-state index in [1.54, 1.807) is 10.6 Å². The molecule has 0 aliphatic heterocycles. The molecule has 110 valence electrons. The van der Waals surface area contributed by atoms with Gasteiger partial charge in [-0.05, 0) is 43.3 Å². The lowest BCUT2D eigenvalue weighted by molar-refractivity contribution is 0.295. The number of rotatable bonds is 5. The summed E-state index contributed by atoms with van der Waals surface area (Å²) in [5.74, 6) is 0.759. The summed E-state index contributed by atoms with van der Waals surface area (Å²) in [6.45, 7) is 2.70. The van der Waals surface area contributed by atoms with Gasteiger partial charge in [0.25, 0.3) is 5.56 Å². The molecule has 21 heavy (non-hydrogen) atoms. The van der Waals surface area contributed by atoms with E-state index in [1.807, 2.05) is 37.3 Å². The third kappa shape index (κ3) is 3.92. The van der Waals surface area contributed by atoms with Crippen LogP contribution in [0, 0.1) is 6.92 Å². The minimum absolute atomic E-state index is 0.113. The highest BCUT2D eigenvalue weighted by molar-refractivity contribution is 9.10. The average molecular weight is 367 g/mol. The van der Waals surface area contributed by atoms with Crippen molar-refractivity contribution in [3.05, 3.63) is 62.5 Å². The van der Waals surface area contributed by atoms with Crippen molar-refractivity contribution >= 4 is 33.1 Å². The normalized spacial score (nSPS) is 10.4. The first-order valence-electron chi connectivity index (χ1n) is 6.37. The number of pyridine rings is 1. The van der Waals surface area contributed by atoms with Crippen molar-refractivity contribution in [3.8, 4) is 5.75 Å². The molecule has 0 saturated carbocycles. The van der Waals surface area contributed by atoms with Crippen LogP contribution >= 0.6 is 28.1 Å². The standard InChI is InChI=1S/C15H15BrN2O2S/c1-10-2-7-13(14(17)21)15(19)18(10)8-9-20-12-5-3-11(16)4-6-12/h2-7H,8-9H2,1H3,(H2,17,21). The van der Waals surface area contributed by atoms with Gasteiger partial charge in [0.1, 0.15) is 17.3 Å². The zero-order valence-corrected chi connectivity index (χ0v) is 13.9. The topological polar surface area (TPSA) is 57.2 Å². The smallest absolute Gasteiger partial charge is 0.261 e. The third-order valence-electron chi connectivity index (χ3n) is 3.06. The number of aryl methyl sites for hydroxylation is 1. The lowest BCUT2D eigenvalue weighted by atomic mass is 10.2. The highest BCUT2D eigenvalue weighted by Gasteiger charge is 2.08. The van der Waals surface area contributed by atoms with Crippen molar-refractivity contribution < 1.29 is 4.74 Å². The van der Waals surface area contributed by atoms with Crippen LogP contribution in [0.2, 0.25) is 0 Å². The van der Waals surface area contributed by atoms with Gasteiger partial charge >= 0.3 is 0 Å². The molecule has 0 radical (unpaired) electrons. The highest BCUT2D eigenvalue weighted by atomic mass is 79.9. The number of benzene rings is 1. The Morgan fingerprint density at radius 1 is 1.29 bits per heavy atom. The maximum Gasteiger partial charge on any atom is 0.261 e. The van der Waals surface area contributed by atoms with Crippen LogP contribution in [0.5, 0.6) is 5.75 Å². The monoisotopic (exact) mass is 366 g/mol. The fraction of sp³-hybridized carbons (Fsp3) is 0.200. The van der Waals surface area contributed by atoms with Crippen molar-refractivity contribution in [2.75, 3.05) is 6.61 Å². The predicted molar refractivity (Wildman–Crippen MR) is 91.0 cm³/mol. The zero-order chi connectivity index (χ0) is 15.4. The largest absolute Gasteiger partial charge is 0.492 e. The number of halogens is 1. The van der Waals surface area contributed by atoms with E-state index >= 15 is 0 Å². The molecule has 0 saturated heterocycles. The molecule has 1 heterocycles. The summed E-state index contributed by atoms with van der Waals surface area (Å²) < 4.78 is 8.24. The lowest BCUT2D eigenvalue weighted by Gasteiger charge is -2.12. The molecule has 0 aliphatic carbocycles. The number of nitrogens with two attached hydrogens (primary N) is 1. The zero-order valence-electron chi connectivity index (χ0n) is 11.5. The second-order valence-electron chi connectivity index (χ2n) is 4.51. The van der Waals surface area contributed by atoms with E-state index in [1.165, 1.54) is 0 Å². The highest BCUT2D eigenvalue weighted by Crippen LogP contribution is 2.16. The Morgan fingerprint density at radius 3 is 2.57 bits per heavy atom. The van der Waals surface area contributed by atoms with E-state index in [-0.39, 0.29) is 10.5 Å². The van der Waals surface area contributed by atoms with Crippen molar-refractivity contribution in [1.82, 2.24) is 4.57 Å². The van der Waals surface area contributed by atoms with Crippen LogP contribution < -0.4 is 16.0 Å². The van der Waals surface area contributed by atoms with Gasteiger partial charge in [-0.3, -0.25) is 4.79 Å². The lowest BCUT2D eigenvalue weighted by Crippen LogP contribution is -2.31. The second kappa shape index (κ2) is 6.87. The molecule has 0 spiro atoms. The molecule has 1 aromatic carbocycles. The molecular formula is C15H15BrN2O2S. The Balaban J connectivity index is 2.09. The van der Waals surface area contributed by atoms with E-state index in [4.69, 9.17) is 22.7 Å². The summed E-state index contributed by atoms with van der Waals surface area (Å²) in [6, 6.07) is 11.0. The quantitative estimate of drug-likeness (QED) is 0.826. The number of aromatic nitrogens is 1. The van der Waals surface area contributed by atoms with Crippen molar-refractivity contribution in [2.45, 2.75) is 13.5 Å². The Bertz CT molecular complexity index is 711. The molecule has 2 N–H and O–H groups in total. The summed E-state index contributed by atoms with van der Waals surface area (Å²) in [7, 11) is 0. The van der Waals surface area contributed by atoms with E-state index in [2.05, 4.69) is 15.9 Å². The van der Waals surface area contributed by atoms with Crippen LogP contribution in [0.1, 0.15) is 11.3 Å². The van der Waals surface area contributed by atoms with Crippen LogP contribution in [0.4, 0.5) is 0 Å². The fourth-order valence-corrected chi connectivity index (χ4v) is 2.34. The van der Waals surface area contributed by atoms with Crippen LogP contribution in [-0.2, 0) is 6.54 Å². The van der Waals surface area contributed by atoms with E-state index < -0.39 is 0 Å². The average Bonchev–Trinajstić information content (AvgIpc) is 2.44. The van der Waals surface area contributed by atoms with Crippen LogP contribution in [-0.4, -0.2) is 16.2 Å². The number of hydrogen-bond acceptors (Lipinski definition) is 3. The third-order valence-corrected chi connectivity index (χ3v) is 3.80. The molecule has 2 aromatic rings. The molecule has 0 amide bonds. The Morgan fingerprint density at radius 2 is 1.95 bits per heavy atom. The van der Waals surface area contributed by atoms with Gasteiger partial charge in [-0.15, -0.1) is 0 Å². The van der Waals surface area contributed by atoms with E-state index in [0.29, 0.717) is 18.7 Å². The SMILES string of the molecule is Cc1ccc(C(N)=S)c(=O)n1CCOc1ccc(Br)cc1. The van der Waals surface area contributed by atoms with Crippen molar-refractivity contribution in [3.63, 3.8) is 0 Å². The molecule has 4 nitrogen and oxygen atoms in total. The number of thiocarbonyl (C=S) groups is 1. The maximum atomic E-state index is 12.3. The first-order valence-corrected chi connectivity index (χ1v) is 7.58. The van der Waals surface area contributed by atoms with Crippen LogP contribution in [0.25, 0.3) is 0 Å². The molecular weight excluding hydrogens is 352 g/mol. The molecule has 0 bridgehead atoms. The van der Waals surface area contributed by atoms with Crippen molar-refractivity contribution in [2.24, 2.45) is 5.73 Å². The Hall–Kier alpha value is -1.66. The summed E-state index contributed by atoms with van der Waals surface area (Å²) in [6.07, 6.45) is 0. The summed E-state index contributed by atoms with van der Waals surface area (Å²) >= 11 is 8.25. The summed E-state index contributed by atoms with van der Waals surface area (Å²) in [5.41, 5.74) is 6.58. The second-order valence-corrected chi connectivity index (χ2v) is 5.87. The Labute approximate surface area is 136 Å². The maximum absolute atomic E-state index is 12.3. The van der Waals surface area contributed by atoms with Gasteiger partial charge in [0.15, 0.2) is 0 Å². The fourth-order valence-electron chi connectivity index (χ4n) is 1.92.